The predicted octanol–water partition coefficient (Wildman–Crippen LogP) is 6.39. The number of hydrogen-bond donors (Lipinski definition) is 0. The van der Waals surface area contributed by atoms with Gasteiger partial charge in [-0.15, -0.1) is 0 Å². The third-order valence-corrected chi connectivity index (χ3v) is 7.12. The van der Waals surface area contributed by atoms with Gasteiger partial charge in [-0.2, -0.15) is 0 Å². The van der Waals surface area contributed by atoms with Crippen molar-refractivity contribution in [2.75, 3.05) is 0 Å². The van der Waals surface area contributed by atoms with Crippen LogP contribution in [0, 0.1) is 5.82 Å². The third kappa shape index (κ3) is 4.14. The number of thiocarbonyl (C=S) groups is 1. The van der Waals surface area contributed by atoms with Crippen molar-refractivity contribution in [2.24, 2.45) is 0 Å². The summed E-state index contributed by atoms with van der Waals surface area (Å²) in [6, 6.07) is 16.6. The maximum Gasteiger partial charge on any atom is 0.266 e. The van der Waals surface area contributed by atoms with Crippen molar-refractivity contribution in [1.29, 1.82) is 0 Å². The second-order valence-electron chi connectivity index (χ2n) is 7.82. The van der Waals surface area contributed by atoms with Gasteiger partial charge in [0.2, 0.25) is 0 Å². The van der Waals surface area contributed by atoms with Crippen LogP contribution in [0.4, 0.5) is 4.39 Å². The Bertz CT molecular complexity index is 1390. The van der Waals surface area contributed by atoms with Gasteiger partial charge in [0.1, 0.15) is 15.9 Å². The van der Waals surface area contributed by atoms with Crippen molar-refractivity contribution in [3.05, 3.63) is 100 Å². The number of fused-ring (bicyclic) bond motifs is 1. The first kappa shape index (κ1) is 21.7. The zero-order valence-electron chi connectivity index (χ0n) is 18.0. The van der Waals surface area contributed by atoms with Crippen LogP contribution < -0.4 is 0 Å². The molecule has 1 aliphatic heterocycles. The first-order valence-corrected chi connectivity index (χ1v) is 11.9. The zero-order valence-corrected chi connectivity index (χ0v) is 19.6. The smallest absolute Gasteiger partial charge is 0.266 e. The number of rotatable bonds is 6. The minimum absolute atomic E-state index is 0.136. The Labute approximate surface area is 200 Å². The number of aromatic nitrogens is 1. The van der Waals surface area contributed by atoms with E-state index < -0.39 is 0 Å². The van der Waals surface area contributed by atoms with Crippen LogP contribution in [0.25, 0.3) is 17.0 Å². The van der Waals surface area contributed by atoms with E-state index in [0.29, 0.717) is 33.6 Å². The van der Waals surface area contributed by atoms with E-state index in [0.717, 1.165) is 22.9 Å². The molecule has 0 bridgehead atoms. The zero-order chi connectivity index (χ0) is 22.9. The van der Waals surface area contributed by atoms with E-state index in [1.807, 2.05) is 36.5 Å². The summed E-state index contributed by atoms with van der Waals surface area (Å²) < 4.78 is 22.3. The van der Waals surface area contributed by atoms with E-state index in [1.54, 1.807) is 29.4 Å². The summed E-state index contributed by atoms with van der Waals surface area (Å²) >= 11 is 6.75. The molecule has 0 aliphatic carbocycles. The van der Waals surface area contributed by atoms with Gasteiger partial charge in [0.15, 0.2) is 0 Å². The molecule has 0 saturated carbocycles. The van der Waals surface area contributed by atoms with E-state index in [4.69, 9.17) is 16.6 Å². The molecule has 1 fully saturated rings. The molecule has 7 heteroatoms. The van der Waals surface area contributed by atoms with Gasteiger partial charge < -0.3 is 8.98 Å². The lowest BCUT2D eigenvalue weighted by Crippen LogP contribution is -2.27. The lowest BCUT2D eigenvalue weighted by molar-refractivity contribution is -0.122. The Morgan fingerprint density at radius 3 is 2.64 bits per heavy atom. The van der Waals surface area contributed by atoms with E-state index in [2.05, 4.69) is 17.6 Å². The molecule has 0 unspecified atom stereocenters. The molecular weight excluding hydrogens is 455 g/mol. The van der Waals surface area contributed by atoms with Crippen LogP contribution in [0.15, 0.2) is 76.4 Å². The molecule has 0 atom stereocenters. The molecule has 4 aromatic rings. The number of nitrogens with zero attached hydrogens (tertiary/aromatic N) is 2. The molecule has 33 heavy (non-hydrogen) atoms. The van der Waals surface area contributed by atoms with Gasteiger partial charge in [0.25, 0.3) is 5.91 Å². The van der Waals surface area contributed by atoms with E-state index in [1.165, 1.54) is 23.4 Å². The number of amides is 1. The number of para-hydroxylation sites is 1. The molecule has 166 valence electrons. The number of thioether (sulfide) groups is 1. The molecule has 5 rings (SSSR count). The summed E-state index contributed by atoms with van der Waals surface area (Å²) in [5, 5.41) is 1.03. The Kier molecular flexibility index (Phi) is 5.91. The van der Waals surface area contributed by atoms with Crippen LogP contribution in [-0.2, 0) is 24.3 Å². The highest BCUT2D eigenvalue weighted by atomic mass is 32.2. The largest absolute Gasteiger partial charge is 0.467 e. The Morgan fingerprint density at radius 2 is 1.88 bits per heavy atom. The van der Waals surface area contributed by atoms with E-state index >= 15 is 0 Å². The standard InChI is InChI=1S/C26H21FN2O2S2/c1-2-17-8-5-10-21-19(15-28(24(17)21)14-18-7-3-4-11-22(18)27)13-23-25(30)29(26(32)33-23)16-20-9-6-12-31-20/h3-13,15H,2,14,16H2,1H3/b23-13-. The number of hydrogen-bond acceptors (Lipinski definition) is 4. The van der Waals surface area contributed by atoms with Crippen molar-refractivity contribution in [2.45, 2.75) is 26.4 Å². The average Bonchev–Trinajstić information content (AvgIpc) is 3.52. The number of aryl methyl sites for hydroxylation is 1. The van der Waals surface area contributed by atoms with Crippen LogP contribution in [0.2, 0.25) is 0 Å². The number of carbonyl (C=O) groups is 1. The number of carbonyl (C=O) groups excluding carboxylic acids is 1. The fraction of sp³-hybridized carbons (Fsp3) is 0.154. The van der Waals surface area contributed by atoms with Crippen molar-refractivity contribution in [3.8, 4) is 0 Å². The molecule has 1 aliphatic rings. The molecule has 4 nitrogen and oxygen atoms in total. The molecule has 0 N–H and O–H groups in total. The summed E-state index contributed by atoms with van der Waals surface area (Å²) in [6.07, 6.45) is 6.32. The highest BCUT2D eigenvalue weighted by Gasteiger charge is 2.33. The fourth-order valence-electron chi connectivity index (χ4n) is 4.14. The van der Waals surface area contributed by atoms with Crippen molar-refractivity contribution in [1.82, 2.24) is 9.47 Å². The van der Waals surface area contributed by atoms with Gasteiger partial charge in [-0.25, -0.2) is 4.39 Å². The topological polar surface area (TPSA) is 38.4 Å². The average molecular weight is 477 g/mol. The molecule has 1 amide bonds. The summed E-state index contributed by atoms with van der Waals surface area (Å²) in [4.78, 5) is 15.2. The van der Waals surface area contributed by atoms with Gasteiger partial charge in [-0.05, 0) is 36.3 Å². The summed E-state index contributed by atoms with van der Waals surface area (Å²) in [6.45, 7) is 2.83. The molecule has 3 heterocycles. The van der Waals surface area contributed by atoms with Gasteiger partial charge in [0.05, 0.1) is 29.8 Å². The second-order valence-corrected chi connectivity index (χ2v) is 9.49. The molecule has 2 aromatic heterocycles. The minimum atomic E-state index is -0.228. The molecule has 2 aromatic carbocycles. The van der Waals surface area contributed by atoms with Crippen LogP contribution in [-0.4, -0.2) is 19.7 Å². The van der Waals surface area contributed by atoms with E-state index in [-0.39, 0.29) is 11.7 Å². The normalized spacial score (nSPS) is 15.3. The fourth-order valence-corrected chi connectivity index (χ4v) is 5.38. The first-order valence-electron chi connectivity index (χ1n) is 10.7. The van der Waals surface area contributed by atoms with Gasteiger partial charge in [-0.1, -0.05) is 67.3 Å². The Hall–Kier alpha value is -3.16. The lowest BCUT2D eigenvalue weighted by Gasteiger charge is -2.11. The number of halogens is 1. The molecule has 0 spiro atoms. The number of furan rings is 1. The van der Waals surface area contributed by atoms with Gasteiger partial charge >= 0.3 is 0 Å². The van der Waals surface area contributed by atoms with Crippen LogP contribution in [0.5, 0.6) is 0 Å². The van der Waals surface area contributed by atoms with Crippen molar-refractivity contribution in [3.63, 3.8) is 0 Å². The molecule has 0 radical (unpaired) electrons. The second kappa shape index (κ2) is 9.00. The molecule has 1 saturated heterocycles. The number of benzene rings is 2. The highest BCUT2D eigenvalue weighted by molar-refractivity contribution is 8.26. The molecular formula is C26H21FN2O2S2. The third-order valence-electron chi connectivity index (χ3n) is 5.75. The summed E-state index contributed by atoms with van der Waals surface area (Å²) in [7, 11) is 0. The van der Waals surface area contributed by atoms with Crippen molar-refractivity contribution >= 4 is 51.2 Å². The monoisotopic (exact) mass is 476 g/mol. The summed E-state index contributed by atoms with van der Waals surface area (Å²) in [5.74, 6) is 0.318. The van der Waals surface area contributed by atoms with Crippen LogP contribution in [0.1, 0.15) is 29.4 Å². The van der Waals surface area contributed by atoms with Crippen LogP contribution in [0.3, 0.4) is 0 Å². The Balaban J connectivity index is 1.55. The van der Waals surface area contributed by atoms with Gasteiger partial charge in [-0.3, -0.25) is 9.69 Å². The lowest BCUT2D eigenvalue weighted by atomic mass is 10.1. The Morgan fingerprint density at radius 1 is 1.06 bits per heavy atom. The first-order chi connectivity index (χ1) is 16.0. The quantitative estimate of drug-likeness (QED) is 0.239. The highest BCUT2D eigenvalue weighted by Crippen LogP contribution is 2.36. The maximum atomic E-state index is 14.4. The SMILES string of the molecule is CCc1cccc2c(/C=C3\SC(=S)N(Cc4ccco4)C3=O)cn(Cc3ccccc3F)c12. The predicted molar refractivity (Wildman–Crippen MR) is 134 cm³/mol. The van der Waals surface area contributed by atoms with Crippen LogP contribution >= 0.6 is 24.0 Å². The maximum absolute atomic E-state index is 14.4. The van der Waals surface area contributed by atoms with E-state index in [9.17, 15) is 9.18 Å². The summed E-state index contributed by atoms with van der Waals surface area (Å²) in [5.41, 5.74) is 3.76. The minimum Gasteiger partial charge on any atom is -0.467 e. The van der Waals surface area contributed by atoms with Gasteiger partial charge in [0, 0.05) is 22.7 Å². The van der Waals surface area contributed by atoms with Crippen molar-refractivity contribution < 1.29 is 13.6 Å².